The minimum absolute atomic E-state index is 0.247. The molecule has 0 aromatic carbocycles. The summed E-state index contributed by atoms with van der Waals surface area (Å²) in [7, 11) is 3.18. The van der Waals surface area contributed by atoms with Crippen LogP contribution in [0.3, 0.4) is 0 Å². The Morgan fingerprint density at radius 3 is 2.56 bits per heavy atom. The molecule has 0 amide bonds. The number of rotatable bonds is 3. The van der Waals surface area contributed by atoms with Gasteiger partial charge in [-0.15, -0.1) is 0 Å². The summed E-state index contributed by atoms with van der Waals surface area (Å²) in [6.45, 7) is 2.76. The third-order valence-corrected chi connectivity index (χ3v) is 3.28. The second kappa shape index (κ2) is 3.90. The Hall–Kier alpha value is -1.36. The molecule has 2 rings (SSSR count). The zero-order valence-corrected chi connectivity index (χ0v) is 9.86. The van der Waals surface area contributed by atoms with E-state index >= 15 is 0 Å². The molecule has 1 N–H and O–H groups in total. The van der Waals surface area contributed by atoms with Gasteiger partial charge in [-0.05, 0) is 12.3 Å². The lowest BCUT2D eigenvalue weighted by Crippen LogP contribution is -2.39. The van der Waals surface area contributed by atoms with Gasteiger partial charge >= 0.3 is 5.69 Å². The standard InChI is InChI=1S/C11H17N3O2/c1-7-4-9(7)12-6-8-5-10(15)14(3)11(16)13(8)2/h5,7,9,12H,4,6H2,1-3H3. The molecular formula is C11H17N3O2. The van der Waals surface area contributed by atoms with Crippen LogP contribution >= 0.6 is 0 Å². The third-order valence-electron chi connectivity index (χ3n) is 3.28. The molecule has 16 heavy (non-hydrogen) atoms. The van der Waals surface area contributed by atoms with Crippen LogP contribution in [-0.2, 0) is 20.6 Å². The first-order chi connectivity index (χ1) is 7.50. The maximum Gasteiger partial charge on any atom is 0.330 e. The lowest BCUT2D eigenvalue weighted by Gasteiger charge is -2.09. The van der Waals surface area contributed by atoms with Crippen LogP contribution in [-0.4, -0.2) is 15.2 Å². The average molecular weight is 223 g/mol. The van der Waals surface area contributed by atoms with Gasteiger partial charge < -0.3 is 5.32 Å². The second-order valence-corrected chi connectivity index (χ2v) is 4.57. The summed E-state index contributed by atoms with van der Waals surface area (Å²) in [4.78, 5) is 23.1. The van der Waals surface area contributed by atoms with Crippen molar-refractivity contribution in [3.05, 3.63) is 32.6 Å². The Labute approximate surface area is 93.7 Å². The molecular weight excluding hydrogens is 206 g/mol. The van der Waals surface area contributed by atoms with Crippen LogP contribution in [0.15, 0.2) is 15.7 Å². The van der Waals surface area contributed by atoms with Crippen LogP contribution < -0.4 is 16.6 Å². The van der Waals surface area contributed by atoms with Gasteiger partial charge in [-0.1, -0.05) is 6.92 Å². The molecule has 2 unspecified atom stereocenters. The predicted molar refractivity (Wildman–Crippen MR) is 61.3 cm³/mol. The van der Waals surface area contributed by atoms with Gasteiger partial charge in [0.25, 0.3) is 5.56 Å². The zero-order valence-electron chi connectivity index (χ0n) is 9.86. The highest BCUT2D eigenvalue weighted by atomic mass is 16.2. The maximum absolute atomic E-state index is 11.6. The van der Waals surface area contributed by atoms with Crippen LogP contribution in [0.25, 0.3) is 0 Å². The highest BCUT2D eigenvalue weighted by Crippen LogP contribution is 2.29. The first kappa shape index (κ1) is 11.1. The van der Waals surface area contributed by atoms with Crippen molar-refractivity contribution in [2.45, 2.75) is 25.9 Å². The summed E-state index contributed by atoms with van der Waals surface area (Å²) in [5, 5.41) is 3.33. The summed E-state index contributed by atoms with van der Waals surface area (Å²) in [5.74, 6) is 0.712. The molecule has 88 valence electrons. The Bertz CT molecular complexity index is 515. The Kier molecular flexibility index (Phi) is 2.71. The minimum atomic E-state index is -0.270. The van der Waals surface area contributed by atoms with E-state index in [1.54, 1.807) is 7.05 Å². The quantitative estimate of drug-likeness (QED) is 0.757. The van der Waals surface area contributed by atoms with E-state index in [1.165, 1.54) is 24.1 Å². The normalized spacial score (nSPS) is 23.4. The van der Waals surface area contributed by atoms with Crippen LogP contribution in [0.1, 0.15) is 19.0 Å². The van der Waals surface area contributed by atoms with Crippen LogP contribution in [0.2, 0.25) is 0 Å². The lowest BCUT2D eigenvalue weighted by molar-refractivity contribution is 0.586. The Morgan fingerprint density at radius 2 is 2.00 bits per heavy atom. The number of nitrogens with one attached hydrogen (secondary N) is 1. The van der Waals surface area contributed by atoms with Gasteiger partial charge in [-0.3, -0.25) is 13.9 Å². The molecule has 1 aliphatic rings. The number of aromatic nitrogens is 2. The third kappa shape index (κ3) is 1.95. The van der Waals surface area contributed by atoms with E-state index in [4.69, 9.17) is 0 Å². The van der Waals surface area contributed by atoms with Crippen molar-refractivity contribution in [3.63, 3.8) is 0 Å². The molecule has 0 saturated heterocycles. The fourth-order valence-corrected chi connectivity index (χ4v) is 1.79. The van der Waals surface area contributed by atoms with E-state index in [-0.39, 0.29) is 11.2 Å². The second-order valence-electron chi connectivity index (χ2n) is 4.57. The van der Waals surface area contributed by atoms with E-state index < -0.39 is 0 Å². The number of hydrogen-bond donors (Lipinski definition) is 1. The molecule has 0 bridgehead atoms. The Balaban J connectivity index is 2.21. The molecule has 1 aromatic heterocycles. The Morgan fingerprint density at radius 1 is 1.38 bits per heavy atom. The highest BCUT2D eigenvalue weighted by Gasteiger charge is 2.31. The number of nitrogens with zero attached hydrogens (tertiary/aromatic N) is 2. The van der Waals surface area contributed by atoms with Crippen LogP contribution in [0, 0.1) is 5.92 Å². The van der Waals surface area contributed by atoms with Crippen molar-refractivity contribution in [1.82, 2.24) is 14.5 Å². The molecule has 5 heteroatoms. The van der Waals surface area contributed by atoms with Crippen molar-refractivity contribution in [2.75, 3.05) is 0 Å². The zero-order chi connectivity index (χ0) is 11.9. The lowest BCUT2D eigenvalue weighted by atomic mass is 10.3. The average Bonchev–Trinajstić information content (AvgIpc) is 2.95. The fraction of sp³-hybridized carbons (Fsp3) is 0.636. The van der Waals surface area contributed by atoms with Gasteiger partial charge in [0.1, 0.15) is 0 Å². The van der Waals surface area contributed by atoms with Crippen LogP contribution in [0.4, 0.5) is 0 Å². The molecule has 0 aliphatic heterocycles. The molecule has 1 aromatic rings. The van der Waals surface area contributed by atoms with Gasteiger partial charge in [0.2, 0.25) is 0 Å². The van der Waals surface area contributed by atoms with Gasteiger partial charge in [0.05, 0.1) is 0 Å². The van der Waals surface area contributed by atoms with E-state index in [1.807, 2.05) is 0 Å². The smallest absolute Gasteiger partial charge is 0.308 e. The molecule has 1 heterocycles. The topological polar surface area (TPSA) is 56.0 Å². The SMILES string of the molecule is CC1CC1NCc1cc(=O)n(C)c(=O)n1C. The van der Waals surface area contributed by atoms with Crippen molar-refractivity contribution in [2.24, 2.45) is 20.0 Å². The van der Waals surface area contributed by atoms with E-state index in [0.29, 0.717) is 18.5 Å². The monoisotopic (exact) mass is 223 g/mol. The van der Waals surface area contributed by atoms with Crippen molar-refractivity contribution >= 4 is 0 Å². The van der Waals surface area contributed by atoms with Crippen LogP contribution in [0.5, 0.6) is 0 Å². The summed E-state index contributed by atoms with van der Waals surface area (Å²) < 4.78 is 2.63. The van der Waals surface area contributed by atoms with Crippen molar-refractivity contribution < 1.29 is 0 Å². The summed E-state index contributed by atoms with van der Waals surface area (Å²) in [5.41, 5.74) is 0.226. The van der Waals surface area contributed by atoms with E-state index in [0.717, 1.165) is 10.3 Å². The maximum atomic E-state index is 11.6. The van der Waals surface area contributed by atoms with Gasteiger partial charge in [0, 0.05) is 38.4 Å². The predicted octanol–water partition coefficient (Wildman–Crippen LogP) is -0.418. The molecule has 0 spiro atoms. The van der Waals surface area contributed by atoms with Gasteiger partial charge in [0.15, 0.2) is 0 Å². The fourth-order valence-electron chi connectivity index (χ4n) is 1.79. The molecule has 1 saturated carbocycles. The van der Waals surface area contributed by atoms with Gasteiger partial charge in [-0.2, -0.15) is 0 Å². The summed E-state index contributed by atoms with van der Waals surface area (Å²) in [6.07, 6.45) is 1.18. The first-order valence-electron chi connectivity index (χ1n) is 5.50. The minimum Gasteiger partial charge on any atom is -0.308 e. The highest BCUT2D eigenvalue weighted by molar-refractivity contribution is 5.03. The first-order valence-corrected chi connectivity index (χ1v) is 5.50. The number of hydrogen-bond acceptors (Lipinski definition) is 3. The molecule has 1 fully saturated rings. The van der Waals surface area contributed by atoms with E-state index in [2.05, 4.69) is 12.2 Å². The molecule has 0 radical (unpaired) electrons. The van der Waals surface area contributed by atoms with Gasteiger partial charge in [-0.25, -0.2) is 4.79 Å². The van der Waals surface area contributed by atoms with Crippen molar-refractivity contribution in [3.8, 4) is 0 Å². The molecule has 5 nitrogen and oxygen atoms in total. The summed E-state index contributed by atoms with van der Waals surface area (Å²) in [6, 6.07) is 2.06. The van der Waals surface area contributed by atoms with Crippen molar-refractivity contribution in [1.29, 1.82) is 0 Å². The van der Waals surface area contributed by atoms with E-state index in [9.17, 15) is 9.59 Å². The molecule has 1 aliphatic carbocycles. The molecule has 2 atom stereocenters. The summed E-state index contributed by atoms with van der Waals surface area (Å²) >= 11 is 0. The largest absolute Gasteiger partial charge is 0.330 e.